The third-order valence-electron chi connectivity index (χ3n) is 6.26. The average Bonchev–Trinajstić information content (AvgIpc) is 3.28. The third kappa shape index (κ3) is 5.80. The van der Waals surface area contributed by atoms with Crippen LogP contribution in [0.4, 0.5) is 18.9 Å². The molecule has 6 nitrogen and oxygen atoms in total. The van der Waals surface area contributed by atoms with Crippen LogP contribution in [0.1, 0.15) is 35.8 Å². The summed E-state index contributed by atoms with van der Waals surface area (Å²) in [5, 5.41) is 3.34. The molecule has 2 aromatic heterocycles. The van der Waals surface area contributed by atoms with Gasteiger partial charge in [0.1, 0.15) is 10.6 Å². The van der Waals surface area contributed by atoms with Crippen LogP contribution in [0.3, 0.4) is 0 Å². The smallest absolute Gasteiger partial charge is 0.416 e. The molecule has 0 bridgehead atoms. The van der Waals surface area contributed by atoms with Crippen LogP contribution in [0, 0.1) is 0 Å². The fraction of sp³-hybridized carbons (Fsp3) is 0.296. The molecule has 39 heavy (non-hydrogen) atoms. The van der Waals surface area contributed by atoms with Crippen LogP contribution in [0.15, 0.2) is 52.4 Å². The van der Waals surface area contributed by atoms with E-state index < -0.39 is 17.6 Å². The summed E-state index contributed by atoms with van der Waals surface area (Å²) in [6, 6.07) is 9.76. The quantitative estimate of drug-likeness (QED) is 0.182. The number of carbonyl (C=O) groups excluding carboxylic acids is 1. The van der Waals surface area contributed by atoms with Crippen molar-refractivity contribution in [2.45, 2.75) is 43.9 Å². The summed E-state index contributed by atoms with van der Waals surface area (Å²) in [4.78, 5) is 33.2. The zero-order chi connectivity index (χ0) is 27.7. The van der Waals surface area contributed by atoms with Gasteiger partial charge in [0, 0.05) is 4.88 Å². The number of aromatic nitrogens is 2. The molecule has 0 saturated heterocycles. The number of ether oxygens (including phenoxy) is 1. The molecular formula is C27H23ClF3N3O3S2. The number of hydrogen-bond acceptors (Lipinski definition) is 6. The zero-order valence-electron chi connectivity index (χ0n) is 20.7. The first-order valence-electron chi connectivity index (χ1n) is 12.3. The number of hydrogen-bond donors (Lipinski definition) is 1. The van der Waals surface area contributed by atoms with E-state index in [0.29, 0.717) is 33.4 Å². The highest BCUT2D eigenvalue weighted by Crippen LogP contribution is 2.36. The SMILES string of the molecule is CCOc1ccc(-n2c(SCC(=O)Nc3cc(C(F)(F)F)ccc3Cl)nc3sc4c(c3c2=O)CCCC4)cc1. The molecule has 204 valence electrons. The van der Waals surface area contributed by atoms with Crippen LogP contribution < -0.4 is 15.6 Å². The minimum Gasteiger partial charge on any atom is -0.494 e. The Balaban J connectivity index is 1.48. The van der Waals surface area contributed by atoms with E-state index in [2.05, 4.69) is 5.32 Å². The summed E-state index contributed by atoms with van der Waals surface area (Å²) in [7, 11) is 0. The number of thiophene rings is 1. The van der Waals surface area contributed by atoms with Crippen LogP contribution >= 0.6 is 34.7 Å². The predicted octanol–water partition coefficient (Wildman–Crippen LogP) is 7.13. The molecule has 1 aliphatic carbocycles. The lowest BCUT2D eigenvalue weighted by atomic mass is 9.97. The maximum atomic E-state index is 13.9. The number of thioether (sulfide) groups is 1. The number of benzene rings is 2. The molecule has 0 aliphatic heterocycles. The van der Waals surface area contributed by atoms with Crippen molar-refractivity contribution in [2.24, 2.45) is 0 Å². The molecule has 0 saturated carbocycles. The number of carbonyl (C=O) groups is 1. The first kappa shape index (κ1) is 27.5. The molecular weight excluding hydrogens is 571 g/mol. The van der Waals surface area contributed by atoms with Crippen molar-refractivity contribution >= 4 is 56.5 Å². The Kier molecular flexibility index (Phi) is 7.93. The van der Waals surface area contributed by atoms with Crippen molar-refractivity contribution in [1.82, 2.24) is 9.55 Å². The van der Waals surface area contributed by atoms with Gasteiger partial charge in [0.15, 0.2) is 5.16 Å². The Hall–Kier alpha value is -3.02. The number of nitrogens with zero attached hydrogens (tertiary/aromatic N) is 2. The van der Waals surface area contributed by atoms with Crippen molar-refractivity contribution in [3.8, 4) is 11.4 Å². The van der Waals surface area contributed by atoms with E-state index in [9.17, 15) is 22.8 Å². The van der Waals surface area contributed by atoms with Crippen molar-refractivity contribution < 1.29 is 22.7 Å². The lowest BCUT2D eigenvalue weighted by molar-refractivity contribution is -0.137. The normalized spacial score (nSPS) is 13.4. The number of rotatable bonds is 7. The van der Waals surface area contributed by atoms with Gasteiger partial charge in [0.25, 0.3) is 5.56 Å². The fourth-order valence-electron chi connectivity index (χ4n) is 4.48. The second-order valence-corrected chi connectivity index (χ2v) is 11.3. The monoisotopic (exact) mass is 593 g/mol. The number of amides is 1. The van der Waals surface area contributed by atoms with E-state index in [1.54, 1.807) is 24.3 Å². The average molecular weight is 594 g/mol. The van der Waals surface area contributed by atoms with Gasteiger partial charge < -0.3 is 10.1 Å². The van der Waals surface area contributed by atoms with Crippen LogP contribution in [0.5, 0.6) is 5.75 Å². The molecule has 0 radical (unpaired) electrons. The second-order valence-electron chi connectivity index (χ2n) is 8.88. The van der Waals surface area contributed by atoms with Gasteiger partial charge in [0.05, 0.1) is 39.7 Å². The summed E-state index contributed by atoms with van der Waals surface area (Å²) >= 11 is 8.55. The van der Waals surface area contributed by atoms with Gasteiger partial charge in [-0.15, -0.1) is 11.3 Å². The minimum atomic E-state index is -4.58. The second kappa shape index (κ2) is 11.2. The lowest BCUT2D eigenvalue weighted by Gasteiger charge is -2.14. The predicted molar refractivity (Wildman–Crippen MR) is 149 cm³/mol. The Morgan fingerprint density at radius 1 is 1.18 bits per heavy atom. The Bertz CT molecular complexity index is 1600. The van der Waals surface area contributed by atoms with Crippen LogP contribution in [-0.2, 0) is 23.8 Å². The largest absolute Gasteiger partial charge is 0.494 e. The molecule has 0 spiro atoms. The number of fused-ring (bicyclic) bond motifs is 3. The van der Waals surface area contributed by atoms with Crippen molar-refractivity contribution in [3.05, 3.63) is 73.8 Å². The summed E-state index contributed by atoms with van der Waals surface area (Å²) < 4.78 is 46.4. The molecule has 0 fully saturated rings. The maximum absolute atomic E-state index is 13.9. The first-order valence-corrected chi connectivity index (χ1v) is 14.4. The zero-order valence-corrected chi connectivity index (χ0v) is 23.1. The molecule has 0 unspecified atom stereocenters. The number of alkyl halides is 3. The Morgan fingerprint density at radius 3 is 2.64 bits per heavy atom. The van der Waals surface area contributed by atoms with Gasteiger partial charge in [-0.25, -0.2) is 4.98 Å². The highest BCUT2D eigenvalue weighted by molar-refractivity contribution is 7.99. The first-order chi connectivity index (χ1) is 18.7. The van der Waals surface area contributed by atoms with Crippen molar-refractivity contribution in [2.75, 3.05) is 17.7 Å². The maximum Gasteiger partial charge on any atom is 0.416 e. The molecule has 1 N–H and O–H groups in total. The number of nitrogens with one attached hydrogen (secondary N) is 1. The van der Waals surface area contributed by atoms with Crippen LogP contribution in [0.25, 0.3) is 15.9 Å². The third-order valence-corrected chi connectivity index (χ3v) is 8.72. The molecule has 2 aromatic carbocycles. The summed E-state index contributed by atoms with van der Waals surface area (Å²) in [5.74, 6) is -0.130. The molecule has 12 heteroatoms. The van der Waals surface area contributed by atoms with Gasteiger partial charge in [-0.2, -0.15) is 13.2 Å². The molecule has 1 amide bonds. The van der Waals surface area contributed by atoms with E-state index in [1.165, 1.54) is 15.9 Å². The van der Waals surface area contributed by atoms with E-state index in [4.69, 9.17) is 21.3 Å². The van der Waals surface area contributed by atoms with Gasteiger partial charge in [-0.3, -0.25) is 14.2 Å². The molecule has 1 aliphatic rings. The fourth-order valence-corrected chi connectivity index (χ4v) is 6.76. The summed E-state index contributed by atoms with van der Waals surface area (Å²) in [6.07, 6.45) is -0.779. The van der Waals surface area contributed by atoms with E-state index >= 15 is 0 Å². The van der Waals surface area contributed by atoms with Crippen LogP contribution in [0.2, 0.25) is 5.02 Å². The molecule has 4 aromatic rings. The highest BCUT2D eigenvalue weighted by atomic mass is 35.5. The minimum absolute atomic E-state index is 0.0173. The van der Waals surface area contributed by atoms with Gasteiger partial charge >= 0.3 is 6.18 Å². The van der Waals surface area contributed by atoms with E-state index in [1.807, 2.05) is 6.92 Å². The van der Waals surface area contributed by atoms with Crippen LogP contribution in [-0.4, -0.2) is 27.8 Å². The number of halogens is 4. The molecule has 2 heterocycles. The Labute approximate surface area is 235 Å². The number of aryl methyl sites for hydroxylation is 2. The highest BCUT2D eigenvalue weighted by Gasteiger charge is 2.31. The molecule has 5 rings (SSSR count). The van der Waals surface area contributed by atoms with Crippen molar-refractivity contribution in [1.29, 1.82) is 0 Å². The standard InChI is InChI=1S/C27H23ClF3N3O3S2/c1-2-37-17-10-8-16(9-11-17)34-25(36)23-18-5-3-4-6-21(18)39-24(23)33-26(34)38-14-22(35)32-20-13-15(27(29,30)31)7-12-19(20)28/h7-13H,2-6,14H2,1H3,(H,32,35). The van der Waals surface area contributed by atoms with E-state index in [0.717, 1.165) is 66.1 Å². The summed E-state index contributed by atoms with van der Waals surface area (Å²) in [6.45, 7) is 2.38. The topological polar surface area (TPSA) is 73.2 Å². The summed E-state index contributed by atoms with van der Waals surface area (Å²) in [5.41, 5.74) is 0.333. The van der Waals surface area contributed by atoms with Gasteiger partial charge in [-0.1, -0.05) is 23.4 Å². The molecule has 0 atom stereocenters. The number of anilines is 1. The van der Waals surface area contributed by atoms with Gasteiger partial charge in [0.2, 0.25) is 5.91 Å². The lowest BCUT2D eigenvalue weighted by Crippen LogP contribution is -2.23. The van der Waals surface area contributed by atoms with E-state index in [-0.39, 0.29) is 22.0 Å². The van der Waals surface area contributed by atoms with Gasteiger partial charge in [-0.05, 0) is 80.6 Å². The Morgan fingerprint density at radius 2 is 1.92 bits per heavy atom. The van der Waals surface area contributed by atoms with Crippen molar-refractivity contribution in [3.63, 3.8) is 0 Å².